The van der Waals surface area contributed by atoms with Crippen molar-refractivity contribution in [1.82, 2.24) is 4.90 Å². The van der Waals surface area contributed by atoms with Gasteiger partial charge in [0.25, 0.3) is 0 Å². The highest BCUT2D eigenvalue weighted by molar-refractivity contribution is 5.69. The highest BCUT2D eigenvalue weighted by Gasteiger charge is 2.27. The zero-order chi connectivity index (χ0) is 11.3. The third kappa shape index (κ3) is 4.62. The zero-order valence-corrected chi connectivity index (χ0v) is 9.61. The van der Waals surface area contributed by atoms with Crippen LogP contribution in [0.5, 0.6) is 0 Å². The van der Waals surface area contributed by atoms with Gasteiger partial charge >= 0.3 is 5.97 Å². The topological polar surface area (TPSA) is 49.8 Å². The fourth-order valence-electron chi connectivity index (χ4n) is 1.98. The van der Waals surface area contributed by atoms with E-state index < -0.39 is 0 Å². The number of aliphatic hydroxyl groups is 1. The number of esters is 1. The first kappa shape index (κ1) is 12.5. The summed E-state index contributed by atoms with van der Waals surface area (Å²) in [6.45, 7) is 1.94. The highest BCUT2D eigenvalue weighted by Crippen LogP contribution is 2.27. The molecule has 0 saturated heterocycles. The van der Waals surface area contributed by atoms with Crippen LogP contribution in [0.25, 0.3) is 0 Å². The molecule has 1 N–H and O–H groups in total. The second-order valence-electron chi connectivity index (χ2n) is 4.43. The number of carbonyl (C=O) groups excluding carboxylic acids is 1. The largest absolute Gasteiger partial charge is 0.469 e. The normalized spacial score (nSPS) is 25.1. The summed E-state index contributed by atoms with van der Waals surface area (Å²) in [5.74, 6) is 0.505. The van der Waals surface area contributed by atoms with Crippen molar-refractivity contribution in [2.24, 2.45) is 5.92 Å². The Morgan fingerprint density at radius 1 is 1.53 bits per heavy atom. The Kier molecular flexibility index (Phi) is 5.05. The van der Waals surface area contributed by atoms with Crippen molar-refractivity contribution in [3.63, 3.8) is 0 Å². The van der Waals surface area contributed by atoms with Crippen LogP contribution < -0.4 is 0 Å². The van der Waals surface area contributed by atoms with Gasteiger partial charge in [0.15, 0.2) is 0 Å². The quantitative estimate of drug-likeness (QED) is 0.661. The maximum absolute atomic E-state index is 10.9. The molecule has 0 unspecified atom stereocenters. The lowest BCUT2D eigenvalue weighted by atomic mass is 9.82. The van der Waals surface area contributed by atoms with Gasteiger partial charge in [-0.15, -0.1) is 0 Å². The summed E-state index contributed by atoms with van der Waals surface area (Å²) >= 11 is 0. The number of hydrogen-bond acceptors (Lipinski definition) is 4. The summed E-state index contributed by atoms with van der Waals surface area (Å²) in [7, 11) is 3.48. The van der Waals surface area contributed by atoms with Crippen molar-refractivity contribution >= 4 is 5.97 Å². The molecule has 1 aliphatic rings. The van der Waals surface area contributed by atoms with Crippen LogP contribution in [-0.2, 0) is 9.53 Å². The summed E-state index contributed by atoms with van der Waals surface area (Å²) in [5.41, 5.74) is 0. The highest BCUT2D eigenvalue weighted by atomic mass is 16.5. The number of methoxy groups -OCH3 is 1. The summed E-state index contributed by atoms with van der Waals surface area (Å²) in [6, 6.07) is 0. The molecule has 0 aromatic rings. The molecule has 0 aromatic carbocycles. The minimum Gasteiger partial charge on any atom is -0.469 e. The zero-order valence-electron chi connectivity index (χ0n) is 9.61. The molecule has 0 aliphatic heterocycles. The van der Waals surface area contributed by atoms with Gasteiger partial charge in [0.2, 0.25) is 0 Å². The van der Waals surface area contributed by atoms with Gasteiger partial charge in [-0.3, -0.25) is 4.79 Å². The third-order valence-corrected chi connectivity index (χ3v) is 2.93. The predicted octanol–water partition coefficient (Wildman–Crippen LogP) is 0.642. The van der Waals surface area contributed by atoms with Gasteiger partial charge in [-0.1, -0.05) is 0 Å². The number of carbonyl (C=O) groups is 1. The van der Waals surface area contributed by atoms with Gasteiger partial charge in [-0.2, -0.15) is 0 Å². The van der Waals surface area contributed by atoms with Crippen LogP contribution in [0, 0.1) is 5.92 Å². The van der Waals surface area contributed by atoms with Crippen LogP contribution in [0.4, 0.5) is 0 Å². The fourth-order valence-corrected chi connectivity index (χ4v) is 1.98. The van der Waals surface area contributed by atoms with Gasteiger partial charge in [-0.05, 0) is 38.8 Å². The summed E-state index contributed by atoms with van der Waals surface area (Å²) in [4.78, 5) is 13.1. The molecule has 4 nitrogen and oxygen atoms in total. The fraction of sp³-hybridized carbons (Fsp3) is 0.909. The van der Waals surface area contributed by atoms with Crippen molar-refractivity contribution in [3.05, 3.63) is 0 Å². The van der Waals surface area contributed by atoms with E-state index in [1.807, 2.05) is 0 Å². The van der Waals surface area contributed by atoms with Crippen molar-refractivity contribution < 1.29 is 14.6 Å². The van der Waals surface area contributed by atoms with E-state index in [0.29, 0.717) is 12.3 Å². The SMILES string of the molecule is COC(=O)CCCN(C)CC1CC(O)C1. The van der Waals surface area contributed by atoms with Crippen LogP contribution in [-0.4, -0.2) is 49.3 Å². The Labute approximate surface area is 91.2 Å². The molecule has 0 atom stereocenters. The number of rotatable bonds is 6. The minimum absolute atomic E-state index is 0.0709. The van der Waals surface area contributed by atoms with E-state index in [1.54, 1.807) is 0 Å². The molecule has 0 heterocycles. The molecule has 4 heteroatoms. The summed E-state index contributed by atoms with van der Waals surface area (Å²) < 4.78 is 4.57. The van der Waals surface area contributed by atoms with E-state index in [9.17, 15) is 4.79 Å². The van der Waals surface area contributed by atoms with Gasteiger partial charge in [0.05, 0.1) is 13.2 Å². The number of nitrogens with zero attached hydrogens (tertiary/aromatic N) is 1. The van der Waals surface area contributed by atoms with E-state index in [1.165, 1.54) is 7.11 Å². The number of ether oxygens (including phenoxy) is 1. The Morgan fingerprint density at radius 3 is 2.73 bits per heavy atom. The molecular weight excluding hydrogens is 194 g/mol. The Bertz CT molecular complexity index is 202. The lowest BCUT2D eigenvalue weighted by molar-refractivity contribution is -0.140. The van der Waals surface area contributed by atoms with Crippen LogP contribution >= 0.6 is 0 Å². The van der Waals surface area contributed by atoms with Crippen molar-refractivity contribution in [2.45, 2.75) is 31.8 Å². The number of hydrogen-bond donors (Lipinski definition) is 1. The molecule has 0 amide bonds. The molecule has 1 aliphatic carbocycles. The minimum atomic E-state index is -0.137. The van der Waals surface area contributed by atoms with Crippen molar-refractivity contribution in [1.29, 1.82) is 0 Å². The molecule has 1 rings (SSSR count). The predicted molar refractivity (Wildman–Crippen MR) is 57.5 cm³/mol. The Balaban J connectivity index is 1.98. The monoisotopic (exact) mass is 215 g/mol. The van der Waals surface area contributed by atoms with Gasteiger partial charge in [0, 0.05) is 13.0 Å². The molecule has 0 aromatic heterocycles. The lowest BCUT2D eigenvalue weighted by Crippen LogP contribution is -2.37. The van der Waals surface area contributed by atoms with E-state index in [-0.39, 0.29) is 12.1 Å². The second-order valence-corrected chi connectivity index (χ2v) is 4.43. The van der Waals surface area contributed by atoms with E-state index in [4.69, 9.17) is 5.11 Å². The molecular formula is C11H21NO3. The van der Waals surface area contributed by atoms with Crippen LogP contribution in [0.3, 0.4) is 0 Å². The van der Waals surface area contributed by atoms with Crippen LogP contribution in [0.2, 0.25) is 0 Å². The van der Waals surface area contributed by atoms with E-state index >= 15 is 0 Å². The molecule has 0 radical (unpaired) electrons. The summed E-state index contributed by atoms with van der Waals surface area (Å²) in [6.07, 6.45) is 3.13. The standard InChI is InChI=1S/C11H21NO3/c1-12(5-3-4-11(14)15-2)8-9-6-10(13)7-9/h9-10,13H,3-8H2,1-2H3. The van der Waals surface area contributed by atoms with Crippen LogP contribution in [0.1, 0.15) is 25.7 Å². The smallest absolute Gasteiger partial charge is 0.305 e. The Morgan fingerprint density at radius 2 is 2.20 bits per heavy atom. The average molecular weight is 215 g/mol. The lowest BCUT2D eigenvalue weighted by Gasteiger charge is -2.34. The summed E-state index contributed by atoms with van der Waals surface area (Å²) in [5, 5.41) is 9.13. The van der Waals surface area contributed by atoms with Gasteiger partial charge in [-0.25, -0.2) is 0 Å². The van der Waals surface area contributed by atoms with Crippen molar-refractivity contribution in [2.75, 3.05) is 27.2 Å². The molecule has 0 bridgehead atoms. The maximum atomic E-state index is 10.9. The molecule has 88 valence electrons. The first-order valence-corrected chi connectivity index (χ1v) is 5.55. The maximum Gasteiger partial charge on any atom is 0.305 e. The molecule has 1 fully saturated rings. The number of aliphatic hydroxyl groups excluding tert-OH is 1. The third-order valence-electron chi connectivity index (χ3n) is 2.93. The van der Waals surface area contributed by atoms with Gasteiger partial charge in [0.1, 0.15) is 0 Å². The van der Waals surface area contributed by atoms with E-state index in [0.717, 1.165) is 32.4 Å². The van der Waals surface area contributed by atoms with Gasteiger partial charge < -0.3 is 14.7 Å². The molecule has 1 saturated carbocycles. The van der Waals surface area contributed by atoms with Crippen LogP contribution in [0.15, 0.2) is 0 Å². The second kappa shape index (κ2) is 6.08. The Hall–Kier alpha value is -0.610. The first-order chi connectivity index (χ1) is 7.11. The van der Waals surface area contributed by atoms with Crippen molar-refractivity contribution in [3.8, 4) is 0 Å². The van der Waals surface area contributed by atoms with E-state index in [2.05, 4.69) is 16.7 Å². The first-order valence-electron chi connectivity index (χ1n) is 5.55. The molecule has 15 heavy (non-hydrogen) atoms. The average Bonchev–Trinajstić information content (AvgIpc) is 2.15. The molecule has 0 spiro atoms.